The highest BCUT2D eigenvalue weighted by molar-refractivity contribution is 5.55. The molecule has 1 aromatic carbocycles. The smallest absolute Gasteiger partial charge is 0.274 e. The lowest BCUT2D eigenvalue weighted by Crippen LogP contribution is -2.19. The summed E-state index contributed by atoms with van der Waals surface area (Å²) in [6.45, 7) is 6.11. The van der Waals surface area contributed by atoms with Crippen molar-refractivity contribution in [3.05, 3.63) is 33.9 Å². The van der Waals surface area contributed by atoms with Crippen molar-refractivity contribution in [1.29, 1.82) is 0 Å². The molecule has 1 unspecified atom stereocenters. The number of nitrogens with zero attached hydrogens (tertiary/aromatic N) is 1. The summed E-state index contributed by atoms with van der Waals surface area (Å²) in [5.41, 5.74) is 1.75. The van der Waals surface area contributed by atoms with Gasteiger partial charge in [0.15, 0.2) is 0 Å². The summed E-state index contributed by atoms with van der Waals surface area (Å²) in [4.78, 5) is 10.6. The number of nitrogens with one attached hydrogen (secondary N) is 1. The minimum Gasteiger partial charge on any atom is -0.382 e. The SMILES string of the molecule is CCCCC(CCC)Nc1ccc(C)c([N+](=O)[O-])c1. The number of hydrogen-bond acceptors (Lipinski definition) is 3. The molecule has 0 bridgehead atoms. The molecule has 0 fully saturated rings. The Kier molecular flexibility index (Phi) is 6.33. The van der Waals surface area contributed by atoms with Crippen LogP contribution in [0.25, 0.3) is 0 Å². The van der Waals surface area contributed by atoms with Crippen molar-refractivity contribution in [3.8, 4) is 0 Å². The Hall–Kier alpha value is -1.58. The summed E-state index contributed by atoms with van der Waals surface area (Å²) in [7, 11) is 0. The van der Waals surface area contributed by atoms with Crippen LogP contribution in [0.1, 0.15) is 51.5 Å². The van der Waals surface area contributed by atoms with Crippen molar-refractivity contribution in [2.75, 3.05) is 5.32 Å². The quantitative estimate of drug-likeness (QED) is 0.548. The Labute approximate surface area is 115 Å². The number of aryl methyl sites for hydroxylation is 1. The van der Waals surface area contributed by atoms with Crippen molar-refractivity contribution in [2.45, 2.75) is 58.9 Å². The average molecular weight is 264 g/mol. The van der Waals surface area contributed by atoms with Crippen molar-refractivity contribution in [2.24, 2.45) is 0 Å². The fourth-order valence-corrected chi connectivity index (χ4v) is 2.22. The second kappa shape index (κ2) is 7.77. The molecule has 1 rings (SSSR count). The summed E-state index contributed by atoms with van der Waals surface area (Å²) < 4.78 is 0. The molecule has 19 heavy (non-hydrogen) atoms. The summed E-state index contributed by atoms with van der Waals surface area (Å²) >= 11 is 0. The molecule has 1 aromatic rings. The Bertz CT molecular complexity index is 419. The van der Waals surface area contributed by atoms with Crippen LogP contribution in [0.4, 0.5) is 11.4 Å². The molecule has 0 aromatic heterocycles. The first-order chi connectivity index (χ1) is 9.08. The van der Waals surface area contributed by atoms with Gasteiger partial charge in [-0.25, -0.2) is 0 Å². The highest BCUT2D eigenvalue weighted by Crippen LogP contribution is 2.24. The van der Waals surface area contributed by atoms with E-state index in [1.165, 1.54) is 12.8 Å². The fourth-order valence-electron chi connectivity index (χ4n) is 2.22. The molecule has 0 aliphatic carbocycles. The van der Waals surface area contributed by atoms with E-state index in [1.807, 2.05) is 12.1 Å². The number of rotatable bonds is 8. The molecule has 1 atom stereocenters. The maximum absolute atomic E-state index is 10.9. The molecule has 0 heterocycles. The molecule has 0 aliphatic rings. The third-order valence-corrected chi connectivity index (χ3v) is 3.32. The Morgan fingerprint density at radius 3 is 2.58 bits per heavy atom. The third-order valence-electron chi connectivity index (χ3n) is 3.32. The van der Waals surface area contributed by atoms with Crippen molar-refractivity contribution >= 4 is 11.4 Å². The number of unbranched alkanes of at least 4 members (excludes halogenated alkanes) is 1. The normalized spacial score (nSPS) is 12.2. The molecule has 106 valence electrons. The summed E-state index contributed by atoms with van der Waals surface area (Å²) in [6, 6.07) is 5.79. The van der Waals surface area contributed by atoms with E-state index in [1.54, 1.807) is 13.0 Å². The van der Waals surface area contributed by atoms with Gasteiger partial charge in [-0.1, -0.05) is 39.2 Å². The van der Waals surface area contributed by atoms with E-state index >= 15 is 0 Å². The third kappa shape index (κ3) is 4.89. The highest BCUT2D eigenvalue weighted by Gasteiger charge is 2.13. The standard InChI is InChI=1S/C15H24N2O2/c1-4-6-8-13(7-5-2)16-14-10-9-12(3)15(11-14)17(18)19/h9-11,13,16H,4-8H2,1-3H3. The molecule has 0 saturated carbocycles. The van der Waals surface area contributed by atoms with Crippen LogP contribution < -0.4 is 5.32 Å². The van der Waals surface area contributed by atoms with Crippen LogP contribution in [-0.4, -0.2) is 11.0 Å². The van der Waals surface area contributed by atoms with E-state index in [2.05, 4.69) is 19.2 Å². The van der Waals surface area contributed by atoms with E-state index < -0.39 is 0 Å². The van der Waals surface area contributed by atoms with Crippen LogP contribution in [-0.2, 0) is 0 Å². The zero-order valence-electron chi connectivity index (χ0n) is 12.1. The molecular formula is C15H24N2O2. The maximum Gasteiger partial charge on any atom is 0.274 e. The zero-order chi connectivity index (χ0) is 14.3. The Balaban J connectivity index is 2.78. The van der Waals surface area contributed by atoms with Gasteiger partial charge < -0.3 is 5.32 Å². The van der Waals surface area contributed by atoms with Crippen LogP contribution >= 0.6 is 0 Å². The van der Waals surface area contributed by atoms with Gasteiger partial charge in [0.2, 0.25) is 0 Å². The predicted octanol–water partition coefficient (Wildman–Crippen LogP) is 4.67. The molecule has 0 radical (unpaired) electrons. The van der Waals surface area contributed by atoms with Gasteiger partial charge in [0.1, 0.15) is 0 Å². The van der Waals surface area contributed by atoms with Crippen LogP contribution in [0.2, 0.25) is 0 Å². The molecule has 4 heteroatoms. The summed E-state index contributed by atoms with van der Waals surface area (Å²) in [6.07, 6.45) is 5.70. The number of nitro benzene ring substituents is 1. The second-order valence-electron chi connectivity index (χ2n) is 5.03. The van der Waals surface area contributed by atoms with E-state index in [9.17, 15) is 10.1 Å². The minimum atomic E-state index is -0.318. The van der Waals surface area contributed by atoms with Crippen molar-refractivity contribution < 1.29 is 4.92 Å². The highest BCUT2D eigenvalue weighted by atomic mass is 16.6. The average Bonchev–Trinajstić information content (AvgIpc) is 2.38. The van der Waals surface area contributed by atoms with Crippen molar-refractivity contribution in [1.82, 2.24) is 0 Å². The van der Waals surface area contributed by atoms with E-state index in [0.29, 0.717) is 11.6 Å². The number of anilines is 1. The first-order valence-corrected chi connectivity index (χ1v) is 7.10. The Morgan fingerprint density at radius 2 is 2.00 bits per heavy atom. The lowest BCUT2D eigenvalue weighted by Gasteiger charge is -2.19. The molecular weight excluding hydrogens is 240 g/mol. The van der Waals surface area contributed by atoms with Gasteiger partial charge in [0.25, 0.3) is 5.69 Å². The van der Waals surface area contributed by atoms with Crippen LogP contribution in [0.3, 0.4) is 0 Å². The first-order valence-electron chi connectivity index (χ1n) is 7.10. The lowest BCUT2D eigenvalue weighted by molar-refractivity contribution is -0.385. The molecule has 1 N–H and O–H groups in total. The lowest BCUT2D eigenvalue weighted by atomic mass is 10.0. The second-order valence-corrected chi connectivity index (χ2v) is 5.03. The van der Waals surface area contributed by atoms with Gasteiger partial charge in [0.05, 0.1) is 4.92 Å². The molecule has 0 amide bonds. The van der Waals surface area contributed by atoms with Crippen LogP contribution in [0.5, 0.6) is 0 Å². The fraction of sp³-hybridized carbons (Fsp3) is 0.600. The first kappa shape index (κ1) is 15.5. The van der Waals surface area contributed by atoms with E-state index in [4.69, 9.17) is 0 Å². The van der Waals surface area contributed by atoms with Gasteiger partial charge in [-0.2, -0.15) is 0 Å². The summed E-state index contributed by atoms with van der Waals surface area (Å²) in [5.74, 6) is 0. The summed E-state index contributed by atoms with van der Waals surface area (Å²) in [5, 5.41) is 14.4. The number of hydrogen-bond donors (Lipinski definition) is 1. The predicted molar refractivity (Wildman–Crippen MR) is 79.7 cm³/mol. The van der Waals surface area contributed by atoms with Gasteiger partial charge in [0, 0.05) is 23.4 Å². The van der Waals surface area contributed by atoms with Gasteiger partial charge in [-0.05, 0) is 25.8 Å². The van der Waals surface area contributed by atoms with Gasteiger partial charge in [-0.15, -0.1) is 0 Å². The zero-order valence-corrected chi connectivity index (χ0v) is 12.1. The number of benzene rings is 1. The molecule has 0 saturated heterocycles. The Morgan fingerprint density at radius 1 is 1.26 bits per heavy atom. The molecule has 0 spiro atoms. The van der Waals surface area contributed by atoms with E-state index in [-0.39, 0.29) is 10.6 Å². The van der Waals surface area contributed by atoms with Crippen molar-refractivity contribution in [3.63, 3.8) is 0 Å². The van der Waals surface area contributed by atoms with Gasteiger partial charge >= 0.3 is 0 Å². The largest absolute Gasteiger partial charge is 0.382 e. The minimum absolute atomic E-state index is 0.190. The van der Waals surface area contributed by atoms with Crippen LogP contribution in [0.15, 0.2) is 18.2 Å². The van der Waals surface area contributed by atoms with Gasteiger partial charge in [-0.3, -0.25) is 10.1 Å². The maximum atomic E-state index is 10.9. The van der Waals surface area contributed by atoms with E-state index in [0.717, 1.165) is 24.9 Å². The topological polar surface area (TPSA) is 55.2 Å². The molecule has 4 nitrogen and oxygen atoms in total. The molecule has 0 aliphatic heterocycles. The monoisotopic (exact) mass is 264 g/mol. The van der Waals surface area contributed by atoms with Crippen LogP contribution in [0, 0.1) is 17.0 Å². The number of nitro groups is 1.